The van der Waals surface area contributed by atoms with Gasteiger partial charge in [0.1, 0.15) is 5.75 Å². The monoisotopic (exact) mass is 348 g/mol. The molecule has 1 atom stereocenters. The van der Waals surface area contributed by atoms with Crippen molar-refractivity contribution in [1.82, 2.24) is 0 Å². The maximum atomic E-state index is 12.4. The van der Waals surface area contributed by atoms with Crippen LogP contribution < -0.4 is 10.1 Å². The van der Waals surface area contributed by atoms with Crippen LogP contribution in [-0.4, -0.2) is 16.9 Å². The molecule has 0 unspecified atom stereocenters. The van der Waals surface area contributed by atoms with Gasteiger partial charge < -0.3 is 10.1 Å². The number of carbonyl (C=O) groups is 1. The van der Waals surface area contributed by atoms with Crippen LogP contribution >= 0.6 is 11.6 Å². The first-order valence-electron chi connectivity index (χ1n) is 7.39. The van der Waals surface area contributed by atoms with E-state index in [-0.39, 0.29) is 16.4 Å². The van der Waals surface area contributed by atoms with Gasteiger partial charge in [0, 0.05) is 12.1 Å². The van der Waals surface area contributed by atoms with Gasteiger partial charge in [-0.15, -0.1) is 0 Å². The average molecular weight is 349 g/mol. The number of hydrogen-bond acceptors (Lipinski definition) is 4. The topological polar surface area (TPSA) is 81.5 Å². The first-order valence-corrected chi connectivity index (χ1v) is 7.77. The van der Waals surface area contributed by atoms with Crippen molar-refractivity contribution < 1.29 is 14.5 Å². The molecule has 126 valence electrons. The molecule has 2 aromatic carbocycles. The Balaban J connectivity index is 2.16. The molecule has 0 radical (unpaired) electrons. The maximum absolute atomic E-state index is 12.4. The standard InChI is InChI=1S/C17H17ClN2O4/c1-3-15(24-16-7-5-4-6-11(16)2)17(21)19-14-10-12(20(22)23)8-9-13(14)18/h4-10,15H,3H2,1-2H3,(H,19,21)/t15-/m0/s1. The zero-order chi connectivity index (χ0) is 17.7. The van der Waals surface area contributed by atoms with Crippen molar-refractivity contribution in [2.75, 3.05) is 5.32 Å². The largest absolute Gasteiger partial charge is 0.480 e. The summed E-state index contributed by atoms with van der Waals surface area (Å²) >= 11 is 6.00. The molecule has 0 aliphatic heterocycles. The average Bonchev–Trinajstić information content (AvgIpc) is 2.55. The van der Waals surface area contributed by atoms with E-state index in [1.165, 1.54) is 18.2 Å². The lowest BCUT2D eigenvalue weighted by Crippen LogP contribution is -2.32. The Labute approximate surface area is 144 Å². The summed E-state index contributed by atoms with van der Waals surface area (Å²) in [6.45, 7) is 3.70. The van der Waals surface area contributed by atoms with Crippen LogP contribution in [0.5, 0.6) is 5.75 Å². The predicted molar refractivity (Wildman–Crippen MR) is 92.6 cm³/mol. The Morgan fingerprint density at radius 1 is 1.33 bits per heavy atom. The summed E-state index contributed by atoms with van der Waals surface area (Å²) in [6.07, 6.45) is -0.298. The molecular weight excluding hydrogens is 332 g/mol. The first kappa shape index (κ1) is 17.7. The number of nitro groups is 1. The predicted octanol–water partition coefficient (Wildman–Crippen LogP) is 4.35. The van der Waals surface area contributed by atoms with E-state index < -0.39 is 16.9 Å². The molecule has 0 aliphatic rings. The molecule has 0 saturated carbocycles. The highest BCUT2D eigenvalue weighted by molar-refractivity contribution is 6.33. The highest BCUT2D eigenvalue weighted by Crippen LogP contribution is 2.27. The summed E-state index contributed by atoms with van der Waals surface area (Å²) in [5.41, 5.74) is 0.947. The lowest BCUT2D eigenvalue weighted by molar-refractivity contribution is -0.384. The lowest BCUT2D eigenvalue weighted by atomic mass is 10.2. The maximum Gasteiger partial charge on any atom is 0.271 e. The van der Waals surface area contributed by atoms with Gasteiger partial charge in [-0.1, -0.05) is 36.7 Å². The van der Waals surface area contributed by atoms with E-state index in [0.717, 1.165) is 5.56 Å². The smallest absolute Gasteiger partial charge is 0.271 e. The van der Waals surface area contributed by atoms with Crippen molar-refractivity contribution >= 4 is 28.9 Å². The van der Waals surface area contributed by atoms with E-state index in [1.54, 1.807) is 6.07 Å². The number of anilines is 1. The van der Waals surface area contributed by atoms with Crippen molar-refractivity contribution in [3.8, 4) is 5.75 Å². The summed E-state index contributed by atoms with van der Waals surface area (Å²) in [4.78, 5) is 22.7. The van der Waals surface area contributed by atoms with Crippen LogP contribution in [0.15, 0.2) is 42.5 Å². The number of hydrogen-bond donors (Lipinski definition) is 1. The molecule has 0 fully saturated rings. The Kier molecular flexibility index (Phi) is 5.76. The van der Waals surface area contributed by atoms with Crippen LogP contribution in [0.3, 0.4) is 0 Å². The summed E-state index contributed by atoms with van der Waals surface area (Å²) < 4.78 is 5.76. The first-order chi connectivity index (χ1) is 11.4. The number of amides is 1. The van der Waals surface area contributed by atoms with Crippen molar-refractivity contribution in [2.24, 2.45) is 0 Å². The van der Waals surface area contributed by atoms with E-state index in [2.05, 4.69) is 5.32 Å². The second kappa shape index (κ2) is 7.79. The fourth-order valence-corrected chi connectivity index (χ4v) is 2.26. The number of nitro benzene ring substituents is 1. The number of halogens is 1. The fourth-order valence-electron chi connectivity index (χ4n) is 2.10. The Morgan fingerprint density at radius 2 is 2.04 bits per heavy atom. The number of ether oxygens (including phenoxy) is 1. The quantitative estimate of drug-likeness (QED) is 0.621. The summed E-state index contributed by atoms with van der Waals surface area (Å²) in [6, 6.07) is 11.2. The Bertz CT molecular complexity index is 764. The number of nitrogens with one attached hydrogen (secondary N) is 1. The SMILES string of the molecule is CC[C@H](Oc1ccccc1C)C(=O)Nc1cc([N+](=O)[O-])ccc1Cl. The number of non-ortho nitro benzene ring substituents is 1. The second-order valence-corrected chi connectivity index (χ2v) is 5.60. The van der Waals surface area contributed by atoms with Gasteiger partial charge in [-0.3, -0.25) is 14.9 Å². The van der Waals surface area contributed by atoms with Crippen LogP contribution in [0.25, 0.3) is 0 Å². The van der Waals surface area contributed by atoms with Gasteiger partial charge in [0.15, 0.2) is 6.10 Å². The molecule has 0 aromatic heterocycles. The van der Waals surface area contributed by atoms with E-state index in [0.29, 0.717) is 12.2 Å². The molecule has 0 spiro atoms. The molecule has 24 heavy (non-hydrogen) atoms. The minimum Gasteiger partial charge on any atom is -0.480 e. The molecular formula is C17H17ClN2O4. The third-order valence-corrected chi connectivity index (χ3v) is 3.77. The third kappa shape index (κ3) is 4.23. The molecule has 7 heteroatoms. The molecule has 1 N–H and O–H groups in total. The highest BCUT2D eigenvalue weighted by atomic mass is 35.5. The van der Waals surface area contributed by atoms with Crippen LogP contribution in [0, 0.1) is 17.0 Å². The van der Waals surface area contributed by atoms with Gasteiger partial charge in [0.05, 0.1) is 15.6 Å². The molecule has 2 aromatic rings. The molecule has 2 rings (SSSR count). The summed E-state index contributed by atoms with van der Waals surface area (Å²) in [5.74, 6) is 0.202. The third-order valence-electron chi connectivity index (χ3n) is 3.44. The van der Waals surface area contributed by atoms with E-state index in [1.807, 2.05) is 32.0 Å². The van der Waals surface area contributed by atoms with Gasteiger partial charge >= 0.3 is 0 Å². The summed E-state index contributed by atoms with van der Waals surface area (Å²) in [7, 11) is 0. The van der Waals surface area contributed by atoms with Crippen LogP contribution in [0.4, 0.5) is 11.4 Å². The number of aryl methyl sites for hydroxylation is 1. The number of rotatable bonds is 6. The van der Waals surface area contributed by atoms with E-state index in [4.69, 9.17) is 16.3 Å². The van der Waals surface area contributed by atoms with Crippen LogP contribution in [0.1, 0.15) is 18.9 Å². The van der Waals surface area contributed by atoms with Crippen molar-refractivity contribution in [1.29, 1.82) is 0 Å². The van der Waals surface area contributed by atoms with Crippen molar-refractivity contribution in [2.45, 2.75) is 26.4 Å². The minimum atomic E-state index is -0.735. The molecule has 0 bridgehead atoms. The number of para-hydroxylation sites is 1. The number of nitrogens with zero attached hydrogens (tertiary/aromatic N) is 1. The number of carbonyl (C=O) groups excluding carboxylic acids is 1. The Hall–Kier alpha value is -2.60. The van der Waals surface area contributed by atoms with Crippen molar-refractivity contribution in [3.05, 3.63) is 63.2 Å². The van der Waals surface area contributed by atoms with Crippen LogP contribution in [0.2, 0.25) is 5.02 Å². The van der Waals surface area contributed by atoms with Gasteiger partial charge in [-0.05, 0) is 31.0 Å². The van der Waals surface area contributed by atoms with Crippen molar-refractivity contribution in [3.63, 3.8) is 0 Å². The van der Waals surface area contributed by atoms with Gasteiger partial charge in [-0.2, -0.15) is 0 Å². The van der Waals surface area contributed by atoms with Gasteiger partial charge in [0.2, 0.25) is 0 Å². The molecule has 6 nitrogen and oxygen atoms in total. The molecule has 0 aliphatic carbocycles. The van der Waals surface area contributed by atoms with Crippen LogP contribution in [-0.2, 0) is 4.79 Å². The minimum absolute atomic E-state index is 0.150. The van der Waals surface area contributed by atoms with E-state index in [9.17, 15) is 14.9 Å². The number of benzene rings is 2. The zero-order valence-corrected chi connectivity index (χ0v) is 14.0. The molecule has 1 amide bonds. The molecule has 0 saturated heterocycles. The van der Waals surface area contributed by atoms with Gasteiger partial charge in [-0.25, -0.2) is 0 Å². The normalized spacial score (nSPS) is 11.6. The summed E-state index contributed by atoms with van der Waals surface area (Å²) in [5, 5.41) is 13.7. The fraction of sp³-hybridized carbons (Fsp3) is 0.235. The van der Waals surface area contributed by atoms with E-state index >= 15 is 0 Å². The lowest BCUT2D eigenvalue weighted by Gasteiger charge is -2.18. The molecule has 0 heterocycles. The Morgan fingerprint density at radius 3 is 2.67 bits per heavy atom. The second-order valence-electron chi connectivity index (χ2n) is 5.19. The van der Waals surface area contributed by atoms with Gasteiger partial charge in [0.25, 0.3) is 11.6 Å². The zero-order valence-electron chi connectivity index (χ0n) is 13.3. The highest BCUT2D eigenvalue weighted by Gasteiger charge is 2.21.